The van der Waals surface area contributed by atoms with Crippen molar-refractivity contribution in [3.63, 3.8) is 0 Å². The Morgan fingerprint density at radius 1 is 1.45 bits per heavy atom. The molecule has 1 aromatic rings. The van der Waals surface area contributed by atoms with Crippen LogP contribution >= 0.6 is 11.8 Å². The van der Waals surface area contributed by atoms with E-state index >= 15 is 0 Å². The Bertz CT molecular complexity index is 430. The molecule has 1 amide bonds. The van der Waals surface area contributed by atoms with Crippen LogP contribution in [0.5, 0.6) is 0 Å². The number of thioether (sulfide) groups is 1. The van der Waals surface area contributed by atoms with E-state index < -0.39 is 0 Å². The first-order valence-corrected chi connectivity index (χ1v) is 8.06. The molecule has 2 rings (SSSR count). The number of nitrogens with two attached hydrogens (primary N) is 1. The van der Waals surface area contributed by atoms with E-state index in [0.717, 1.165) is 29.2 Å². The van der Waals surface area contributed by atoms with Crippen molar-refractivity contribution in [2.45, 2.75) is 18.9 Å². The van der Waals surface area contributed by atoms with Gasteiger partial charge in [0.2, 0.25) is 5.91 Å². The number of amides is 1. The second-order valence-corrected chi connectivity index (χ2v) is 6.17. The molecule has 110 valence electrons. The molecule has 5 heteroatoms. The van der Waals surface area contributed by atoms with Gasteiger partial charge in [-0.3, -0.25) is 4.79 Å². The average molecular weight is 294 g/mol. The number of nitrogens with zero attached hydrogens (tertiary/aromatic N) is 1. The highest BCUT2D eigenvalue weighted by molar-refractivity contribution is 7.99. The number of hydrogen-bond acceptors (Lipinski definition) is 4. The highest BCUT2D eigenvalue weighted by Gasteiger charge is 2.26. The van der Waals surface area contributed by atoms with Crippen LogP contribution in [0.2, 0.25) is 0 Å². The molecule has 0 spiro atoms. The Balaban J connectivity index is 1.99. The first-order chi connectivity index (χ1) is 9.70. The van der Waals surface area contributed by atoms with Crippen LogP contribution < -0.4 is 5.73 Å². The summed E-state index contributed by atoms with van der Waals surface area (Å²) in [5, 5.41) is 0. The Labute approximate surface area is 124 Å². The van der Waals surface area contributed by atoms with Gasteiger partial charge in [0.15, 0.2) is 0 Å². The second kappa shape index (κ2) is 7.55. The first-order valence-electron chi connectivity index (χ1n) is 6.91. The molecule has 0 saturated carbocycles. The summed E-state index contributed by atoms with van der Waals surface area (Å²) < 4.78 is 5.13. The van der Waals surface area contributed by atoms with E-state index in [1.54, 1.807) is 7.11 Å². The van der Waals surface area contributed by atoms with Gasteiger partial charge in [0.1, 0.15) is 0 Å². The lowest BCUT2D eigenvalue weighted by Crippen LogP contribution is -2.43. The van der Waals surface area contributed by atoms with E-state index in [9.17, 15) is 4.79 Å². The average Bonchev–Trinajstić information content (AvgIpc) is 2.96. The molecule has 1 aliphatic heterocycles. The van der Waals surface area contributed by atoms with E-state index in [-0.39, 0.29) is 5.91 Å². The minimum atomic E-state index is 0.180. The van der Waals surface area contributed by atoms with Gasteiger partial charge in [-0.05, 0) is 29.9 Å². The fraction of sp³-hybridized carbons (Fsp3) is 0.533. The van der Waals surface area contributed by atoms with Crippen molar-refractivity contribution < 1.29 is 9.53 Å². The van der Waals surface area contributed by atoms with Crippen molar-refractivity contribution in [2.24, 2.45) is 0 Å². The zero-order valence-electron chi connectivity index (χ0n) is 11.9. The van der Waals surface area contributed by atoms with E-state index in [2.05, 4.69) is 0 Å². The van der Waals surface area contributed by atoms with E-state index in [0.29, 0.717) is 25.6 Å². The highest BCUT2D eigenvalue weighted by Crippen LogP contribution is 2.23. The Kier molecular flexibility index (Phi) is 5.73. The summed E-state index contributed by atoms with van der Waals surface area (Å²) in [5.74, 6) is 2.36. The number of carbonyl (C=O) groups is 1. The molecule has 1 aliphatic rings. The molecule has 1 heterocycles. The summed E-state index contributed by atoms with van der Waals surface area (Å²) in [5.41, 5.74) is 7.41. The van der Waals surface area contributed by atoms with E-state index in [4.69, 9.17) is 10.5 Å². The van der Waals surface area contributed by atoms with E-state index in [1.165, 1.54) is 0 Å². The van der Waals surface area contributed by atoms with Gasteiger partial charge in [-0.15, -0.1) is 0 Å². The van der Waals surface area contributed by atoms with Crippen molar-refractivity contribution in [1.82, 2.24) is 4.90 Å². The number of carbonyl (C=O) groups excluding carboxylic acids is 1. The number of methoxy groups -OCH3 is 1. The minimum Gasteiger partial charge on any atom is -0.399 e. The lowest BCUT2D eigenvalue weighted by molar-refractivity contribution is -0.133. The monoisotopic (exact) mass is 294 g/mol. The SMILES string of the molecule is COCCN(C(=O)Cc1ccc(N)cc1)C1CCSC1. The summed E-state index contributed by atoms with van der Waals surface area (Å²) in [7, 11) is 1.67. The Morgan fingerprint density at radius 2 is 2.20 bits per heavy atom. The molecule has 0 aromatic heterocycles. The number of anilines is 1. The van der Waals surface area contributed by atoms with Crippen molar-refractivity contribution in [3.8, 4) is 0 Å². The first kappa shape index (κ1) is 15.2. The maximum atomic E-state index is 12.5. The zero-order chi connectivity index (χ0) is 14.4. The number of rotatable bonds is 6. The standard InChI is InChI=1S/C15H22N2O2S/c1-19-8-7-17(14-6-9-20-11-14)15(18)10-12-2-4-13(16)5-3-12/h2-5,14H,6-11,16H2,1H3. The van der Waals surface area contributed by atoms with Crippen LogP contribution in [-0.4, -0.2) is 48.6 Å². The molecular formula is C15H22N2O2S. The predicted molar refractivity (Wildman–Crippen MR) is 83.9 cm³/mol. The van der Waals surface area contributed by atoms with Crippen LogP contribution in [-0.2, 0) is 16.0 Å². The van der Waals surface area contributed by atoms with Crippen molar-refractivity contribution in [3.05, 3.63) is 29.8 Å². The zero-order valence-corrected chi connectivity index (χ0v) is 12.7. The lowest BCUT2D eigenvalue weighted by atomic mass is 10.1. The fourth-order valence-corrected chi connectivity index (χ4v) is 3.60. The van der Waals surface area contributed by atoms with Gasteiger partial charge in [-0.2, -0.15) is 11.8 Å². The number of benzene rings is 1. The van der Waals surface area contributed by atoms with Crippen LogP contribution in [0.4, 0.5) is 5.69 Å². The van der Waals surface area contributed by atoms with Gasteiger partial charge in [0, 0.05) is 31.1 Å². The quantitative estimate of drug-likeness (QED) is 0.813. The molecule has 0 aliphatic carbocycles. The van der Waals surface area contributed by atoms with Gasteiger partial charge in [-0.1, -0.05) is 12.1 Å². The number of ether oxygens (including phenoxy) is 1. The molecule has 2 N–H and O–H groups in total. The number of hydrogen-bond donors (Lipinski definition) is 1. The molecule has 0 bridgehead atoms. The summed E-state index contributed by atoms with van der Waals surface area (Å²) in [6, 6.07) is 7.88. The topological polar surface area (TPSA) is 55.6 Å². The third kappa shape index (κ3) is 4.15. The molecular weight excluding hydrogens is 272 g/mol. The predicted octanol–water partition coefficient (Wildman–Crippen LogP) is 1.79. The van der Waals surface area contributed by atoms with Crippen LogP contribution in [0.3, 0.4) is 0 Å². The molecule has 4 nitrogen and oxygen atoms in total. The third-order valence-corrected chi connectivity index (χ3v) is 4.68. The van der Waals surface area contributed by atoms with Crippen molar-refractivity contribution >= 4 is 23.4 Å². The summed E-state index contributed by atoms with van der Waals surface area (Å²) in [6.45, 7) is 1.27. The highest BCUT2D eigenvalue weighted by atomic mass is 32.2. The minimum absolute atomic E-state index is 0.180. The van der Waals surface area contributed by atoms with Crippen LogP contribution in [0.25, 0.3) is 0 Å². The second-order valence-electron chi connectivity index (χ2n) is 5.02. The smallest absolute Gasteiger partial charge is 0.227 e. The van der Waals surface area contributed by atoms with Crippen LogP contribution in [0, 0.1) is 0 Å². The summed E-state index contributed by atoms with van der Waals surface area (Å²) in [4.78, 5) is 14.5. The van der Waals surface area contributed by atoms with Crippen LogP contribution in [0.15, 0.2) is 24.3 Å². The Hall–Kier alpha value is -1.20. The molecule has 1 unspecified atom stereocenters. The van der Waals surface area contributed by atoms with E-state index in [1.807, 2.05) is 40.9 Å². The molecule has 1 atom stereocenters. The summed E-state index contributed by atoms with van der Waals surface area (Å²) in [6.07, 6.45) is 1.52. The third-order valence-electron chi connectivity index (χ3n) is 3.54. The fourth-order valence-electron chi connectivity index (χ4n) is 2.38. The molecule has 0 radical (unpaired) electrons. The maximum Gasteiger partial charge on any atom is 0.227 e. The Morgan fingerprint density at radius 3 is 2.80 bits per heavy atom. The largest absolute Gasteiger partial charge is 0.399 e. The number of nitrogen functional groups attached to an aromatic ring is 1. The maximum absolute atomic E-state index is 12.5. The van der Waals surface area contributed by atoms with Crippen molar-refractivity contribution in [1.29, 1.82) is 0 Å². The molecule has 1 aromatic carbocycles. The van der Waals surface area contributed by atoms with Gasteiger partial charge >= 0.3 is 0 Å². The van der Waals surface area contributed by atoms with Gasteiger partial charge in [-0.25, -0.2) is 0 Å². The van der Waals surface area contributed by atoms with Crippen LogP contribution in [0.1, 0.15) is 12.0 Å². The lowest BCUT2D eigenvalue weighted by Gasteiger charge is -2.28. The van der Waals surface area contributed by atoms with Gasteiger partial charge in [0.25, 0.3) is 0 Å². The van der Waals surface area contributed by atoms with Crippen molar-refractivity contribution in [2.75, 3.05) is 37.5 Å². The molecule has 20 heavy (non-hydrogen) atoms. The normalized spacial score (nSPS) is 18.1. The molecule has 1 fully saturated rings. The summed E-state index contributed by atoms with van der Waals surface area (Å²) >= 11 is 1.92. The van der Waals surface area contributed by atoms with Gasteiger partial charge in [0.05, 0.1) is 13.0 Å². The molecule has 1 saturated heterocycles. The van der Waals surface area contributed by atoms with Gasteiger partial charge < -0.3 is 15.4 Å².